The predicted octanol–water partition coefficient (Wildman–Crippen LogP) is 2.95. The molecule has 1 saturated heterocycles. The molecule has 6 heteroatoms. The third-order valence-corrected chi connectivity index (χ3v) is 7.56. The normalized spacial score (nSPS) is 19.4. The number of rotatable bonds is 7. The number of likely N-dealkylation sites (tertiary alicyclic amines) is 1. The maximum atomic E-state index is 12.4. The number of amides is 1. The van der Waals surface area contributed by atoms with E-state index in [1.165, 1.54) is 24.7 Å². The number of nitrogens with zero attached hydrogens (tertiary/aromatic N) is 1. The highest BCUT2D eigenvalue weighted by Gasteiger charge is 2.45. The van der Waals surface area contributed by atoms with Crippen molar-refractivity contribution in [2.24, 2.45) is 0 Å². The summed E-state index contributed by atoms with van der Waals surface area (Å²) in [6.07, 6.45) is 5.96. The lowest BCUT2D eigenvalue weighted by molar-refractivity contribution is -0.121. The number of hydrogen-bond acceptors (Lipinski definition) is 4. The molecule has 1 N–H and O–H groups in total. The van der Waals surface area contributed by atoms with Gasteiger partial charge in [0.15, 0.2) is 9.84 Å². The summed E-state index contributed by atoms with van der Waals surface area (Å²) in [5.41, 5.74) is 2.63. The molecule has 0 unspecified atom stereocenters. The van der Waals surface area contributed by atoms with E-state index >= 15 is 0 Å². The Labute approximate surface area is 179 Å². The quantitative estimate of drug-likeness (QED) is 0.739. The minimum absolute atomic E-state index is 0.00324. The van der Waals surface area contributed by atoms with Gasteiger partial charge in [-0.05, 0) is 48.9 Å². The van der Waals surface area contributed by atoms with Gasteiger partial charge in [0.25, 0.3) is 0 Å². The van der Waals surface area contributed by atoms with Gasteiger partial charge in [-0.25, -0.2) is 8.42 Å². The van der Waals surface area contributed by atoms with Gasteiger partial charge < -0.3 is 10.2 Å². The first-order chi connectivity index (χ1) is 14.3. The number of benzene rings is 2. The van der Waals surface area contributed by atoms with E-state index in [0.717, 1.165) is 38.0 Å². The van der Waals surface area contributed by atoms with Crippen LogP contribution in [0.25, 0.3) is 0 Å². The Kier molecular flexibility index (Phi) is 5.98. The van der Waals surface area contributed by atoms with Gasteiger partial charge >= 0.3 is 0 Å². The van der Waals surface area contributed by atoms with Gasteiger partial charge in [-0.3, -0.25) is 4.79 Å². The van der Waals surface area contributed by atoms with Crippen molar-refractivity contribution < 1.29 is 13.2 Å². The molecule has 2 aromatic carbocycles. The summed E-state index contributed by atoms with van der Waals surface area (Å²) in [6.45, 7) is 3.15. The maximum Gasteiger partial charge on any atom is 0.224 e. The lowest BCUT2D eigenvalue weighted by Gasteiger charge is -2.35. The zero-order valence-corrected chi connectivity index (χ0v) is 18.3. The van der Waals surface area contributed by atoms with Gasteiger partial charge in [0, 0.05) is 37.3 Å². The van der Waals surface area contributed by atoms with E-state index in [9.17, 15) is 13.2 Å². The molecule has 0 atom stereocenters. The van der Waals surface area contributed by atoms with Crippen LogP contribution in [0.1, 0.15) is 36.8 Å². The summed E-state index contributed by atoms with van der Waals surface area (Å²) in [7, 11) is -3.21. The van der Waals surface area contributed by atoms with Crippen LogP contribution in [-0.4, -0.2) is 51.2 Å². The van der Waals surface area contributed by atoms with Crippen LogP contribution in [0, 0.1) is 0 Å². The lowest BCUT2D eigenvalue weighted by atomic mass is 9.94. The first-order valence-electron chi connectivity index (χ1n) is 10.7. The fourth-order valence-electron chi connectivity index (χ4n) is 4.46. The number of nitrogens with one attached hydrogen (secondary N) is 1. The molecule has 1 heterocycles. The standard InChI is InChI=1S/C24H30N2O3S/c1-30(28,29)22-9-7-19(8-10-22)17-23(27)25-21-11-15-26(16-12-21)18-24(13-14-24)20-5-3-2-4-6-20/h2-10,21H,11-18H2,1H3,(H,25,27). The molecule has 1 saturated carbocycles. The molecule has 2 aromatic rings. The molecule has 30 heavy (non-hydrogen) atoms. The third-order valence-electron chi connectivity index (χ3n) is 6.43. The summed E-state index contributed by atoms with van der Waals surface area (Å²) in [5, 5.41) is 3.16. The fourth-order valence-corrected chi connectivity index (χ4v) is 5.09. The molecule has 0 radical (unpaired) electrons. The van der Waals surface area contributed by atoms with Crippen LogP contribution < -0.4 is 5.32 Å². The Balaban J connectivity index is 1.23. The molecule has 0 bridgehead atoms. The van der Waals surface area contributed by atoms with Crippen molar-refractivity contribution in [3.63, 3.8) is 0 Å². The largest absolute Gasteiger partial charge is 0.353 e. The molecule has 4 rings (SSSR count). The van der Waals surface area contributed by atoms with Crippen LogP contribution in [0.3, 0.4) is 0 Å². The van der Waals surface area contributed by atoms with Crippen LogP contribution >= 0.6 is 0 Å². The number of hydrogen-bond donors (Lipinski definition) is 1. The zero-order chi connectivity index (χ0) is 21.2. The summed E-state index contributed by atoms with van der Waals surface area (Å²) in [5.74, 6) is 0.00324. The van der Waals surface area contributed by atoms with Crippen molar-refractivity contribution in [1.29, 1.82) is 0 Å². The van der Waals surface area contributed by atoms with Crippen LogP contribution in [0.4, 0.5) is 0 Å². The molecule has 1 amide bonds. The van der Waals surface area contributed by atoms with Gasteiger partial charge in [-0.1, -0.05) is 42.5 Å². The van der Waals surface area contributed by atoms with E-state index in [2.05, 4.69) is 40.5 Å². The Morgan fingerprint density at radius 2 is 1.67 bits per heavy atom. The van der Waals surface area contributed by atoms with Gasteiger partial charge in [0.05, 0.1) is 11.3 Å². The van der Waals surface area contributed by atoms with Crippen LogP contribution in [0.15, 0.2) is 59.5 Å². The highest BCUT2D eigenvalue weighted by Crippen LogP contribution is 2.48. The van der Waals surface area contributed by atoms with Crippen molar-refractivity contribution in [2.75, 3.05) is 25.9 Å². The molecular formula is C24H30N2O3S. The van der Waals surface area contributed by atoms with Crippen LogP contribution in [0.2, 0.25) is 0 Å². The highest BCUT2D eigenvalue weighted by molar-refractivity contribution is 7.90. The van der Waals surface area contributed by atoms with E-state index in [1.807, 2.05) is 0 Å². The van der Waals surface area contributed by atoms with Crippen molar-refractivity contribution in [1.82, 2.24) is 10.2 Å². The van der Waals surface area contributed by atoms with E-state index in [-0.39, 0.29) is 23.3 Å². The minimum Gasteiger partial charge on any atom is -0.353 e. The van der Waals surface area contributed by atoms with E-state index in [1.54, 1.807) is 24.3 Å². The summed E-state index contributed by atoms with van der Waals surface area (Å²) < 4.78 is 23.1. The van der Waals surface area contributed by atoms with Gasteiger partial charge in [0.2, 0.25) is 5.91 Å². The second kappa shape index (κ2) is 8.52. The summed E-state index contributed by atoms with van der Waals surface area (Å²) in [6, 6.07) is 17.6. The average molecular weight is 427 g/mol. The summed E-state index contributed by atoms with van der Waals surface area (Å²) in [4.78, 5) is 15.3. The first kappa shape index (κ1) is 21.1. The second-order valence-corrected chi connectivity index (χ2v) is 10.9. The number of piperidine rings is 1. The second-order valence-electron chi connectivity index (χ2n) is 8.86. The molecule has 160 valence electrons. The van der Waals surface area contributed by atoms with Gasteiger partial charge in [0.1, 0.15) is 0 Å². The average Bonchev–Trinajstić information content (AvgIpc) is 3.51. The van der Waals surface area contributed by atoms with Crippen LogP contribution in [0.5, 0.6) is 0 Å². The Hall–Kier alpha value is -2.18. The zero-order valence-electron chi connectivity index (χ0n) is 17.5. The van der Waals surface area contributed by atoms with Crippen molar-refractivity contribution in [3.05, 3.63) is 65.7 Å². The first-order valence-corrected chi connectivity index (χ1v) is 12.6. The van der Waals surface area contributed by atoms with E-state index < -0.39 is 9.84 Å². The smallest absolute Gasteiger partial charge is 0.224 e. The van der Waals surface area contributed by atoms with E-state index in [4.69, 9.17) is 0 Å². The SMILES string of the molecule is CS(=O)(=O)c1ccc(CC(=O)NC2CCN(CC3(c4ccccc4)CC3)CC2)cc1. The van der Waals surface area contributed by atoms with Crippen molar-refractivity contribution in [3.8, 4) is 0 Å². The van der Waals surface area contributed by atoms with Gasteiger partial charge in [-0.2, -0.15) is 0 Å². The van der Waals surface area contributed by atoms with Gasteiger partial charge in [-0.15, -0.1) is 0 Å². The minimum atomic E-state index is -3.21. The predicted molar refractivity (Wildman–Crippen MR) is 118 cm³/mol. The fraction of sp³-hybridized carbons (Fsp3) is 0.458. The topological polar surface area (TPSA) is 66.5 Å². The molecule has 0 spiro atoms. The molecule has 2 fully saturated rings. The molecule has 1 aliphatic carbocycles. The monoisotopic (exact) mass is 426 g/mol. The maximum absolute atomic E-state index is 12.4. The molecule has 0 aromatic heterocycles. The van der Waals surface area contributed by atoms with Crippen molar-refractivity contribution in [2.45, 2.75) is 48.5 Å². The number of carbonyl (C=O) groups excluding carboxylic acids is 1. The Morgan fingerprint density at radius 1 is 1.03 bits per heavy atom. The Bertz CT molecular complexity index is 975. The van der Waals surface area contributed by atoms with E-state index in [0.29, 0.717) is 5.41 Å². The van der Waals surface area contributed by atoms with Crippen LogP contribution in [-0.2, 0) is 26.5 Å². The molecule has 2 aliphatic rings. The number of sulfone groups is 1. The lowest BCUT2D eigenvalue weighted by Crippen LogP contribution is -2.46. The number of carbonyl (C=O) groups is 1. The molecular weight excluding hydrogens is 396 g/mol. The Morgan fingerprint density at radius 3 is 2.23 bits per heavy atom. The molecule has 1 aliphatic heterocycles. The highest BCUT2D eigenvalue weighted by atomic mass is 32.2. The molecule has 5 nitrogen and oxygen atoms in total. The summed E-state index contributed by atoms with van der Waals surface area (Å²) >= 11 is 0. The van der Waals surface area contributed by atoms with Crippen molar-refractivity contribution >= 4 is 15.7 Å². The third kappa shape index (κ3) is 5.10.